The molecule has 0 aliphatic carbocycles. The van der Waals surface area contributed by atoms with Crippen molar-refractivity contribution in [2.24, 2.45) is 0 Å². The Hall–Kier alpha value is 0.704. The van der Waals surface area contributed by atoms with Crippen molar-refractivity contribution in [3.05, 3.63) is 134 Å². The quantitative estimate of drug-likeness (QED) is 0.0905. The summed E-state index contributed by atoms with van der Waals surface area (Å²) in [6, 6.07) is 24.9. The molecule has 0 saturated carbocycles. The third kappa shape index (κ3) is 20.2. The maximum absolute atomic E-state index is 13.3. The molecule has 1 atom stereocenters. The first-order valence-electron chi connectivity index (χ1n) is 11.8. The van der Waals surface area contributed by atoms with Gasteiger partial charge in [0.05, 0.1) is 9.85 Å². The summed E-state index contributed by atoms with van der Waals surface area (Å²) in [7, 11) is -4.50. The van der Waals surface area contributed by atoms with Crippen molar-refractivity contribution in [3.8, 4) is 11.1 Å². The normalized spacial score (nSPS) is 9.39. The molecule has 216 valence electrons. The van der Waals surface area contributed by atoms with E-state index in [1.54, 1.807) is 24.3 Å². The molecule has 0 heterocycles. The Morgan fingerprint density at radius 2 is 1.18 bits per heavy atom. The van der Waals surface area contributed by atoms with Crippen LogP contribution in [0.1, 0.15) is 0 Å². The van der Waals surface area contributed by atoms with Gasteiger partial charge in [0, 0.05) is 17.2 Å². The predicted octanol–water partition coefficient (Wildman–Crippen LogP) is -0.307. The van der Waals surface area contributed by atoms with E-state index < -0.39 is 48.2 Å². The summed E-state index contributed by atoms with van der Waals surface area (Å²) < 4.78 is 37.2. The van der Waals surface area contributed by atoms with E-state index in [1.165, 1.54) is 87.4 Å². The van der Waals surface area contributed by atoms with Gasteiger partial charge in [-0.05, 0) is 45.4 Å². The van der Waals surface area contributed by atoms with Gasteiger partial charge in [0.25, 0.3) is 0 Å². The third-order valence-electron chi connectivity index (χ3n) is 4.52. The molecule has 0 aliphatic heterocycles. The zero-order valence-corrected chi connectivity index (χ0v) is 34.5. The van der Waals surface area contributed by atoms with Crippen LogP contribution in [0.4, 0.5) is 20.2 Å². The summed E-state index contributed by atoms with van der Waals surface area (Å²) in [5, 5.41) is 46.3. The van der Waals surface area contributed by atoms with Crippen molar-refractivity contribution >= 4 is 107 Å². The van der Waals surface area contributed by atoms with Crippen LogP contribution in [0.15, 0.2) is 97.1 Å². The number of nitro groups is 2. The van der Waals surface area contributed by atoms with Gasteiger partial charge in [-0.1, -0.05) is 72.3 Å². The minimum absolute atomic E-state index is 0. The van der Waals surface area contributed by atoms with E-state index in [9.17, 15) is 29.0 Å². The fourth-order valence-electron chi connectivity index (χ4n) is 2.72. The minimum atomic E-state index is -3.15. The first-order chi connectivity index (χ1) is 20.4. The summed E-state index contributed by atoms with van der Waals surface area (Å²) in [5.41, 5.74) is 0.923. The van der Waals surface area contributed by atoms with E-state index in [-0.39, 0.29) is 56.4 Å². The molecule has 0 fully saturated rings. The van der Waals surface area contributed by atoms with Crippen LogP contribution in [-0.4, -0.2) is 90.2 Å². The molecular formula is C24H18BClF2K3N2O10P. The van der Waals surface area contributed by atoms with Gasteiger partial charge in [0.1, 0.15) is 0 Å². The van der Waals surface area contributed by atoms with Crippen LogP contribution in [-0.2, 0) is 9.24 Å². The SMILES string of the molecule is O=[N+]([O-])c1ccc(-c2ccccc2)cc1F.O=[N+]([O-])c1ccc(Cl)cc1F.O=[P+]([O-])O[O-].OB(O)c1ccccc1.[K+].[K][K]. The Morgan fingerprint density at radius 1 is 0.773 bits per heavy atom. The van der Waals surface area contributed by atoms with Gasteiger partial charge in [0.2, 0.25) is 11.6 Å². The monoisotopic (exact) mass is 726 g/mol. The Kier molecular flexibility index (Phi) is 29.4. The van der Waals surface area contributed by atoms with Crippen molar-refractivity contribution in [1.82, 2.24) is 0 Å². The van der Waals surface area contributed by atoms with Crippen LogP contribution >= 0.6 is 19.9 Å². The molecule has 0 aliphatic rings. The molecule has 1 unspecified atom stereocenters. The average molecular weight is 727 g/mol. The molecule has 4 aromatic rings. The first kappa shape index (κ1) is 46.8. The number of nitrogens with zero attached hydrogens (tertiary/aromatic N) is 2. The number of hydrogen-bond donors (Lipinski definition) is 2. The van der Waals surface area contributed by atoms with E-state index in [0.717, 1.165) is 17.7 Å². The van der Waals surface area contributed by atoms with Gasteiger partial charge < -0.3 is 20.2 Å². The Balaban J connectivity index is 0. The predicted molar refractivity (Wildman–Crippen MR) is 153 cm³/mol. The Bertz CT molecular complexity index is 1460. The van der Waals surface area contributed by atoms with Crippen LogP contribution in [0.2, 0.25) is 5.02 Å². The molecular weight excluding hydrogens is 709 g/mol. The van der Waals surface area contributed by atoms with Crippen LogP contribution in [0.25, 0.3) is 11.1 Å². The molecule has 0 aromatic heterocycles. The van der Waals surface area contributed by atoms with E-state index in [1.807, 2.05) is 36.4 Å². The van der Waals surface area contributed by atoms with E-state index in [4.69, 9.17) is 36.4 Å². The topological polar surface area (TPSA) is 199 Å². The number of hydrogen-bond acceptors (Lipinski definition) is 10. The van der Waals surface area contributed by atoms with Gasteiger partial charge in [-0.3, -0.25) is 20.2 Å². The van der Waals surface area contributed by atoms with Crippen molar-refractivity contribution in [2.45, 2.75) is 0 Å². The zero-order valence-electron chi connectivity index (χ0n) is 23.5. The number of halogens is 3. The van der Waals surface area contributed by atoms with Gasteiger partial charge in [-0.15, -0.1) is 0 Å². The molecule has 44 heavy (non-hydrogen) atoms. The molecule has 0 saturated heterocycles. The summed E-state index contributed by atoms with van der Waals surface area (Å²) >= 11 is 7.86. The first-order valence-corrected chi connectivity index (χ1v) is 29.3. The molecule has 12 nitrogen and oxygen atoms in total. The second kappa shape index (κ2) is 27.6. The van der Waals surface area contributed by atoms with Crippen molar-refractivity contribution in [2.75, 3.05) is 0 Å². The molecule has 4 aromatic carbocycles. The molecule has 0 bridgehead atoms. The molecule has 4 rings (SSSR count). The Labute approximate surface area is 344 Å². The number of nitro benzene ring substituents is 2. The summed E-state index contributed by atoms with van der Waals surface area (Å²) in [5.74, 6) is -1.73. The average Bonchev–Trinajstić information content (AvgIpc) is 2.99. The van der Waals surface area contributed by atoms with E-state index >= 15 is 0 Å². The third-order valence-corrected chi connectivity index (χ3v) is 4.87. The Morgan fingerprint density at radius 3 is 1.52 bits per heavy atom. The van der Waals surface area contributed by atoms with Crippen LogP contribution in [0, 0.1) is 31.9 Å². The summed E-state index contributed by atoms with van der Waals surface area (Å²) in [4.78, 5) is 27.8. The van der Waals surface area contributed by atoms with Gasteiger partial charge in [-0.25, -0.2) is 4.67 Å². The molecule has 0 radical (unpaired) electrons. The van der Waals surface area contributed by atoms with Gasteiger partial charge in [0.15, 0.2) is 0 Å². The number of rotatable bonds is 5. The van der Waals surface area contributed by atoms with Gasteiger partial charge >= 0.3 is 141 Å². The maximum atomic E-state index is 13.3. The molecule has 2 N–H and O–H groups in total. The fourth-order valence-corrected chi connectivity index (χ4v) is 2.88. The molecule has 20 heteroatoms. The zero-order chi connectivity index (χ0) is 32.9. The second-order valence-electron chi connectivity index (χ2n) is 7.22. The molecule has 0 amide bonds. The van der Waals surface area contributed by atoms with E-state index in [0.29, 0.717) is 11.0 Å². The van der Waals surface area contributed by atoms with Crippen LogP contribution < -0.4 is 67.0 Å². The van der Waals surface area contributed by atoms with Crippen molar-refractivity contribution in [3.63, 3.8) is 0 Å². The standard InChI is InChI=1S/C12H8FNO2.C6H7BO2.C6H3ClFNO2.3K.HO4P/c13-11-8-10(6-7-12(11)14(15)16)9-4-2-1-3-5-9;8-7(9)6-4-2-1-3-5-6;7-4-1-2-6(9(10)11)5(8)3-4;;;;1-4-5(2)3/h1-8H;1-5,8-9H;1-3H;;;;1H/q;;;;;+1;/p-1. The fraction of sp³-hybridized carbons (Fsp3) is 0. The summed E-state index contributed by atoms with van der Waals surface area (Å²) in [6.07, 6.45) is 0. The van der Waals surface area contributed by atoms with Crippen molar-refractivity contribution in [1.29, 1.82) is 0 Å². The van der Waals surface area contributed by atoms with E-state index in [2.05, 4.69) is 4.67 Å². The number of benzene rings is 4. The molecule has 0 spiro atoms. The van der Waals surface area contributed by atoms with Gasteiger partial charge in [-0.2, -0.15) is 8.78 Å². The van der Waals surface area contributed by atoms with Crippen LogP contribution in [0.3, 0.4) is 0 Å². The van der Waals surface area contributed by atoms with Crippen LogP contribution in [0.5, 0.6) is 0 Å². The second-order valence-corrected chi connectivity index (χ2v) is 8.26. The summed E-state index contributed by atoms with van der Waals surface area (Å²) in [6.45, 7) is 0. The van der Waals surface area contributed by atoms with Crippen molar-refractivity contribution < 1.29 is 99.5 Å².